The molecule has 0 bridgehead atoms. The zero-order chi connectivity index (χ0) is 10.2. The summed E-state index contributed by atoms with van der Waals surface area (Å²) in [7, 11) is 0. The number of rotatable bonds is 6. The Labute approximate surface area is 87.6 Å². The SMILES string of the molecule is CCCCCC/C=C1/CCC[C]1C=O. The van der Waals surface area contributed by atoms with Crippen LogP contribution in [-0.2, 0) is 4.79 Å². The van der Waals surface area contributed by atoms with Gasteiger partial charge >= 0.3 is 0 Å². The molecule has 0 unspecified atom stereocenters. The van der Waals surface area contributed by atoms with Gasteiger partial charge in [-0.3, -0.25) is 0 Å². The van der Waals surface area contributed by atoms with Crippen molar-refractivity contribution in [3.63, 3.8) is 0 Å². The van der Waals surface area contributed by atoms with E-state index in [0.717, 1.165) is 31.5 Å². The molecule has 1 rings (SSSR count). The van der Waals surface area contributed by atoms with Gasteiger partial charge in [0.25, 0.3) is 0 Å². The number of carbonyl (C=O) groups is 1. The van der Waals surface area contributed by atoms with Gasteiger partial charge in [-0.25, -0.2) is 0 Å². The lowest BCUT2D eigenvalue weighted by molar-refractivity contribution is -0.106. The van der Waals surface area contributed by atoms with Gasteiger partial charge in [-0.15, -0.1) is 0 Å². The Hall–Kier alpha value is -0.590. The first-order valence-corrected chi connectivity index (χ1v) is 5.89. The fourth-order valence-electron chi connectivity index (χ4n) is 2.01. The minimum absolute atomic E-state index is 1.00. The molecule has 0 heterocycles. The van der Waals surface area contributed by atoms with E-state index in [4.69, 9.17) is 0 Å². The molecule has 1 heteroatoms. The highest BCUT2D eigenvalue weighted by atomic mass is 16.1. The molecular weight excluding hydrogens is 172 g/mol. The molecule has 1 nitrogen and oxygen atoms in total. The lowest BCUT2D eigenvalue weighted by Crippen LogP contribution is -1.94. The molecule has 1 saturated carbocycles. The van der Waals surface area contributed by atoms with Crippen LogP contribution in [0.25, 0.3) is 0 Å². The van der Waals surface area contributed by atoms with Gasteiger partial charge in [0.05, 0.1) is 5.92 Å². The van der Waals surface area contributed by atoms with Crippen LogP contribution in [-0.4, -0.2) is 6.29 Å². The number of unbranched alkanes of at least 4 members (excludes halogenated alkanes) is 4. The van der Waals surface area contributed by atoms with Crippen LogP contribution in [0.1, 0.15) is 58.3 Å². The van der Waals surface area contributed by atoms with E-state index >= 15 is 0 Å². The predicted octanol–water partition coefficient (Wildman–Crippen LogP) is 3.84. The van der Waals surface area contributed by atoms with Gasteiger partial charge in [0.1, 0.15) is 6.29 Å². The summed E-state index contributed by atoms with van der Waals surface area (Å²) >= 11 is 0. The second-order valence-corrected chi connectivity index (χ2v) is 4.08. The zero-order valence-electron chi connectivity index (χ0n) is 9.22. The topological polar surface area (TPSA) is 17.1 Å². The molecule has 0 saturated heterocycles. The van der Waals surface area contributed by atoms with E-state index in [9.17, 15) is 4.79 Å². The summed E-state index contributed by atoms with van der Waals surface area (Å²) in [4.78, 5) is 10.7. The average molecular weight is 193 g/mol. The van der Waals surface area contributed by atoms with E-state index in [2.05, 4.69) is 13.0 Å². The third-order valence-electron chi connectivity index (χ3n) is 2.90. The first kappa shape index (κ1) is 11.5. The van der Waals surface area contributed by atoms with Crippen LogP contribution >= 0.6 is 0 Å². The van der Waals surface area contributed by atoms with Crippen LogP contribution in [0.5, 0.6) is 0 Å². The molecule has 0 aromatic carbocycles. The summed E-state index contributed by atoms with van der Waals surface area (Å²) in [5.74, 6) is 1.06. The Bertz CT molecular complexity index is 193. The summed E-state index contributed by atoms with van der Waals surface area (Å²) in [5.41, 5.74) is 1.33. The maximum atomic E-state index is 10.7. The fraction of sp³-hybridized carbons (Fsp3) is 0.692. The van der Waals surface area contributed by atoms with Crippen molar-refractivity contribution in [2.75, 3.05) is 0 Å². The minimum atomic E-state index is 1.00. The lowest BCUT2D eigenvalue weighted by atomic mass is 10.0. The first-order chi connectivity index (χ1) is 6.88. The largest absolute Gasteiger partial charge is 0.302 e. The molecule has 0 amide bonds. The maximum Gasteiger partial charge on any atom is 0.131 e. The Morgan fingerprint density at radius 2 is 2.07 bits per heavy atom. The predicted molar refractivity (Wildman–Crippen MR) is 60.0 cm³/mol. The minimum Gasteiger partial charge on any atom is -0.302 e. The van der Waals surface area contributed by atoms with E-state index in [0.29, 0.717) is 0 Å². The normalized spacial score (nSPS) is 20.5. The Morgan fingerprint density at radius 1 is 1.21 bits per heavy atom. The lowest BCUT2D eigenvalue weighted by Gasteiger charge is -2.02. The molecule has 0 aromatic rings. The van der Waals surface area contributed by atoms with E-state index in [-0.39, 0.29) is 0 Å². The van der Waals surface area contributed by atoms with Crippen LogP contribution in [0.15, 0.2) is 11.6 Å². The average Bonchev–Trinajstić information content (AvgIpc) is 2.65. The van der Waals surface area contributed by atoms with Crippen LogP contribution in [0.2, 0.25) is 0 Å². The summed E-state index contributed by atoms with van der Waals surface area (Å²) in [6.07, 6.45) is 13.0. The number of hydrogen-bond donors (Lipinski definition) is 0. The highest BCUT2D eigenvalue weighted by Gasteiger charge is 2.19. The van der Waals surface area contributed by atoms with E-state index in [1.54, 1.807) is 0 Å². The van der Waals surface area contributed by atoms with Crippen molar-refractivity contribution in [3.8, 4) is 0 Å². The molecule has 1 fully saturated rings. The van der Waals surface area contributed by atoms with Crippen molar-refractivity contribution in [3.05, 3.63) is 17.6 Å². The molecule has 0 spiro atoms. The maximum absolute atomic E-state index is 10.7. The van der Waals surface area contributed by atoms with Gasteiger partial charge in [-0.1, -0.05) is 37.8 Å². The van der Waals surface area contributed by atoms with Gasteiger partial charge in [0, 0.05) is 0 Å². The zero-order valence-corrected chi connectivity index (χ0v) is 9.22. The molecule has 1 radical (unpaired) electrons. The summed E-state index contributed by atoms with van der Waals surface area (Å²) < 4.78 is 0. The quantitative estimate of drug-likeness (QED) is 0.462. The van der Waals surface area contributed by atoms with E-state index in [1.165, 1.54) is 37.7 Å². The first-order valence-electron chi connectivity index (χ1n) is 5.89. The van der Waals surface area contributed by atoms with E-state index in [1.807, 2.05) is 0 Å². The molecule has 1 aliphatic carbocycles. The van der Waals surface area contributed by atoms with Crippen LogP contribution in [0.4, 0.5) is 0 Å². The molecular formula is C13H21O. The monoisotopic (exact) mass is 193 g/mol. The van der Waals surface area contributed by atoms with Crippen LogP contribution in [0.3, 0.4) is 0 Å². The van der Waals surface area contributed by atoms with Gasteiger partial charge in [-0.05, 0) is 32.1 Å². The molecule has 0 aromatic heterocycles. The van der Waals surface area contributed by atoms with Crippen molar-refractivity contribution in [1.82, 2.24) is 0 Å². The van der Waals surface area contributed by atoms with Gasteiger partial charge < -0.3 is 4.79 Å². The fourth-order valence-corrected chi connectivity index (χ4v) is 2.01. The molecule has 0 aliphatic heterocycles. The highest BCUT2D eigenvalue weighted by molar-refractivity contribution is 5.76. The van der Waals surface area contributed by atoms with Crippen molar-refractivity contribution in [1.29, 1.82) is 0 Å². The van der Waals surface area contributed by atoms with Crippen molar-refractivity contribution in [2.45, 2.75) is 58.3 Å². The molecule has 14 heavy (non-hydrogen) atoms. The standard InChI is InChI=1S/C13H21O/c1-2-3-4-5-6-8-12-9-7-10-13(12)11-14/h8,11H,2-7,9-10H2,1H3/b12-8-. The molecule has 0 atom stereocenters. The second kappa shape index (κ2) is 6.80. The van der Waals surface area contributed by atoms with Crippen molar-refractivity contribution < 1.29 is 4.79 Å². The molecule has 1 aliphatic rings. The van der Waals surface area contributed by atoms with Crippen molar-refractivity contribution >= 4 is 6.29 Å². The summed E-state index contributed by atoms with van der Waals surface area (Å²) in [5, 5.41) is 0. The number of allylic oxidation sites excluding steroid dienone is 2. The molecule has 0 N–H and O–H groups in total. The van der Waals surface area contributed by atoms with Crippen molar-refractivity contribution in [2.24, 2.45) is 0 Å². The summed E-state index contributed by atoms with van der Waals surface area (Å²) in [6.45, 7) is 2.23. The second-order valence-electron chi connectivity index (χ2n) is 4.08. The Balaban J connectivity index is 2.19. The van der Waals surface area contributed by atoms with Gasteiger partial charge in [0.15, 0.2) is 0 Å². The van der Waals surface area contributed by atoms with Gasteiger partial charge in [0.2, 0.25) is 0 Å². The Kier molecular flexibility index (Phi) is 5.58. The number of aldehydes is 1. The van der Waals surface area contributed by atoms with Gasteiger partial charge in [-0.2, -0.15) is 0 Å². The Morgan fingerprint density at radius 3 is 2.79 bits per heavy atom. The third kappa shape index (κ3) is 3.65. The van der Waals surface area contributed by atoms with Crippen LogP contribution < -0.4 is 0 Å². The number of hydrogen-bond acceptors (Lipinski definition) is 1. The van der Waals surface area contributed by atoms with Crippen LogP contribution in [0, 0.1) is 5.92 Å². The number of carbonyl (C=O) groups excluding carboxylic acids is 1. The highest BCUT2D eigenvalue weighted by Crippen LogP contribution is 2.31. The third-order valence-corrected chi connectivity index (χ3v) is 2.90. The summed E-state index contributed by atoms with van der Waals surface area (Å²) in [6, 6.07) is 0. The smallest absolute Gasteiger partial charge is 0.131 e. The van der Waals surface area contributed by atoms with E-state index < -0.39 is 0 Å². The molecule has 79 valence electrons.